The number of unbranched alkanes of at least 4 members (excludes halogenated alkanes) is 4. The molecule has 0 aromatic heterocycles. The van der Waals surface area contributed by atoms with Gasteiger partial charge >= 0.3 is 0 Å². The summed E-state index contributed by atoms with van der Waals surface area (Å²) in [6, 6.07) is -0.915. The molecule has 0 saturated carbocycles. The first-order valence-corrected chi connectivity index (χ1v) is 21.9. The Kier molecular flexibility index (Phi) is 46.5. The lowest BCUT2D eigenvalue weighted by molar-refractivity contribution is -0.438. The summed E-state index contributed by atoms with van der Waals surface area (Å²) in [5.41, 5.74) is 7.02. The predicted molar refractivity (Wildman–Crippen MR) is 244 cm³/mol. The molecule has 0 unspecified atom stereocenters. The van der Waals surface area contributed by atoms with E-state index in [-0.39, 0.29) is 18.4 Å². The van der Waals surface area contributed by atoms with Crippen LogP contribution in [0.3, 0.4) is 0 Å². The van der Waals surface area contributed by atoms with Crippen LogP contribution in [0, 0.1) is 0 Å². The van der Waals surface area contributed by atoms with Crippen molar-refractivity contribution in [2.45, 2.75) is 161 Å². The maximum atomic E-state index is 11.1. The van der Waals surface area contributed by atoms with Gasteiger partial charge < -0.3 is 57.0 Å². The van der Waals surface area contributed by atoms with Crippen molar-refractivity contribution >= 4 is 17.8 Å². The number of nitrogens with one attached hydrogen (secondary N) is 1. The number of aliphatic carboxylic acids is 2. The van der Waals surface area contributed by atoms with Crippen LogP contribution >= 0.6 is 0 Å². The first kappa shape index (κ1) is 60.9. The molecule has 61 heavy (non-hydrogen) atoms. The standard InChI is InChI=1S/C20H30O4.C20H32O2.C9H19N3O3/c1-2-18(21)19(22)16-14-12-10-8-6-4-3-5-7-9-11-13-15-17-20(23)24;1-3-5-6-7-8-9-10-11-12-13-14-15-16-17-18-20(22)19(21)4-2;1-6(10)8(13)12-5-3-2-4-7(11)9(14)15/h3,5-6,8-12,14,16,18-19,21-22H,2,4,7,13,15,17H2,1H3,(H,23,24);7-8,10-11,13-22H,3-6,9,12H2,1-2H3;6-7H,2-5,10-11H2,1H3,(H,12,13)(H,14,15)/b5-3-,8-6-,11-9-,12-10+,16-14+;8-7-,11-10-,14-13-,16-15+,18-17+;/t18-,19-;19-,20-;6-,7-/m110/s1. The molecule has 6 atom stereocenters. The fourth-order valence-corrected chi connectivity index (χ4v) is 4.50. The SMILES string of the molecule is CCCC/C=C\C/C=C\C\C=C/C=C/C=C/[C@@H](O)[C@H](O)CC.CC[C@@H](O)[C@H](O)/C=C/C=C/C=C\C/C=C\C/C=C\CCCC(=O)[O-].C[C@H]([NH3+])C(=O)NCCCC[C@H]([NH3+])C(=O)[O-]. The largest absolute Gasteiger partial charge is 0.550 e. The molecule has 0 aromatic carbocycles. The van der Waals surface area contributed by atoms with Gasteiger partial charge in [0.1, 0.15) is 6.04 Å². The van der Waals surface area contributed by atoms with Gasteiger partial charge in [-0.1, -0.05) is 155 Å². The molecule has 0 aliphatic rings. The zero-order valence-electron chi connectivity index (χ0n) is 37.6. The molecule has 1 amide bonds. The van der Waals surface area contributed by atoms with Crippen LogP contribution < -0.4 is 27.0 Å². The molecule has 0 fully saturated rings. The van der Waals surface area contributed by atoms with Gasteiger partial charge in [0, 0.05) is 18.9 Å². The average Bonchev–Trinajstić information content (AvgIpc) is 3.24. The van der Waals surface area contributed by atoms with Gasteiger partial charge in [0.25, 0.3) is 5.91 Å². The Hall–Kier alpha value is -4.43. The normalized spacial score (nSPS) is 15.4. The van der Waals surface area contributed by atoms with Crippen molar-refractivity contribution < 1.29 is 56.5 Å². The van der Waals surface area contributed by atoms with Gasteiger partial charge in [-0.25, -0.2) is 0 Å². The van der Waals surface area contributed by atoms with Gasteiger partial charge in [-0.05, 0) is 84.0 Å². The van der Waals surface area contributed by atoms with E-state index in [1.807, 2.05) is 62.5 Å². The van der Waals surface area contributed by atoms with Gasteiger partial charge in [-0.3, -0.25) is 4.79 Å². The number of amides is 1. The summed E-state index contributed by atoms with van der Waals surface area (Å²) in [6.07, 6.45) is 47.9. The van der Waals surface area contributed by atoms with Crippen molar-refractivity contribution in [3.63, 3.8) is 0 Å². The van der Waals surface area contributed by atoms with Gasteiger partial charge in [-0.15, -0.1) is 0 Å². The number of carboxylic acids is 2. The Morgan fingerprint density at radius 3 is 1.41 bits per heavy atom. The minimum Gasteiger partial charge on any atom is -0.550 e. The monoisotopic (exact) mass is 856 g/mol. The number of allylic oxidation sites excluding steroid dienone is 18. The molecular formula is C49H81N3O9. The molecule has 12 heteroatoms. The number of hydrogen-bond acceptors (Lipinski definition) is 9. The second-order valence-electron chi connectivity index (χ2n) is 14.3. The van der Waals surface area contributed by atoms with Crippen molar-refractivity contribution in [3.05, 3.63) is 122 Å². The quantitative estimate of drug-likeness (QED) is 0.0296. The third kappa shape index (κ3) is 48.1. The topological polar surface area (TPSA) is 246 Å². The third-order valence-corrected chi connectivity index (χ3v) is 8.47. The summed E-state index contributed by atoms with van der Waals surface area (Å²) in [4.78, 5) is 31.6. The van der Waals surface area contributed by atoms with E-state index in [2.05, 4.69) is 66.2 Å². The van der Waals surface area contributed by atoms with E-state index in [0.29, 0.717) is 38.6 Å². The molecule has 346 valence electrons. The second-order valence-corrected chi connectivity index (χ2v) is 14.3. The predicted octanol–water partition coefficient (Wildman–Crippen LogP) is 3.73. The van der Waals surface area contributed by atoms with E-state index in [1.54, 1.807) is 37.3 Å². The molecular weight excluding hydrogens is 775 g/mol. The lowest BCUT2D eigenvalue weighted by atomic mass is 10.1. The van der Waals surface area contributed by atoms with Crippen molar-refractivity contribution in [3.8, 4) is 0 Å². The summed E-state index contributed by atoms with van der Waals surface area (Å²) in [7, 11) is 0. The van der Waals surface area contributed by atoms with Crippen LogP contribution in [0.5, 0.6) is 0 Å². The van der Waals surface area contributed by atoms with E-state index in [1.165, 1.54) is 19.3 Å². The molecule has 0 aliphatic carbocycles. The number of hydrogen-bond donors (Lipinski definition) is 7. The first-order chi connectivity index (χ1) is 29.2. The van der Waals surface area contributed by atoms with Crippen LogP contribution in [0.2, 0.25) is 0 Å². The summed E-state index contributed by atoms with van der Waals surface area (Å²) < 4.78 is 0. The zero-order chi connectivity index (χ0) is 46.4. The number of carbonyl (C=O) groups is 3. The molecule has 0 radical (unpaired) electrons. The number of rotatable bonds is 32. The molecule has 0 aliphatic heterocycles. The number of carbonyl (C=O) groups excluding carboxylic acids is 3. The summed E-state index contributed by atoms with van der Waals surface area (Å²) in [5.74, 6) is -2.19. The van der Waals surface area contributed by atoms with Gasteiger partial charge in [-0.2, -0.15) is 0 Å². The maximum absolute atomic E-state index is 11.1. The number of quaternary nitrogens is 2. The highest BCUT2D eigenvalue weighted by Gasteiger charge is 2.11. The van der Waals surface area contributed by atoms with E-state index in [0.717, 1.165) is 38.5 Å². The van der Waals surface area contributed by atoms with E-state index >= 15 is 0 Å². The highest BCUT2D eigenvalue weighted by molar-refractivity contribution is 5.79. The number of carboxylic acid groups (broad SMARTS) is 2. The van der Waals surface area contributed by atoms with Crippen LogP contribution in [0.15, 0.2) is 122 Å². The molecule has 0 heterocycles. The third-order valence-electron chi connectivity index (χ3n) is 8.47. The van der Waals surface area contributed by atoms with Gasteiger partial charge in [0.15, 0.2) is 6.04 Å². The summed E-state index contributed by atoms with van der Waals surface area (Å²) in [6.45, 7) is 8.15. The van der Waals surface area contributed by atoms with Crippen molar-refractivity contribution in [2.24, 2.45) is 0 Å². The van der Waals surface area contributed by atoms with Crippen molar-refractivity contribution in [1.29, 1.82) is 0 Å². The molecule has 0 saturated heterocycles. The van der Waals surface area contributed by atoms with Crippen LogP contribution in [-0.4, -0.2) is 81.3 Å². The molecule has 0 spiro atoms. The Morgan fingerprint density at radius 1 is 0.574 bits per heavy atom. The van der Waals surface area contributed by atoms with E-state index < -0.39 is 42.4 Å². The van der Waals surface area contributed by atoms with E-state index in [4.69, 9.17) is 0 Å². The Bertz CT molecular complexity index is 1380. The summed E-state index contributed by atoms with van der Waals surface area (Å²) >= 11 is 0. The lowest BCUT2D eigenvalue weighted by Crippen LogP contribution is -2.68. The van der Waals surface area contributed by atoms with E-state index in [9.17, 15) is 45.0 Å². The molecule has 0 rings (SSSR count). The minimum atomic E-state index is -1.12. The smallest absolute Gasteiger partial charge is 0.277 e. The van der Waals surface area contributed by atoms with Crippen LogP contribution in [0.4, 0.5) is 0 Å². The Labute approximate surface area is 367 Å². The molecule has 12 nitrogen and oxygen atoms in total. The van der Waals surface area contributed by atoms with Crippen molar-refractivity contribution in [1.82, 2.24) is 5.32 Å². The molecule has 11 N–H and O–H groups in total. The van der Waals surface area contributed by atoms with Crippen LogP contribution in [0.25, 0.3) is 0 Å². The Morgan fingerprint density at radius 2 is 1.00 bits per heavy atom. The molecule has 0 aromatic rings. The highest BCUT2D eigenvalue weighted by atomic mass is 16.4. The number of aliphatic hydroxyl groups excluding tert-OH is 4. The van der Waals surface area contributed by atoms with Crippen molar-refractivity contribution in [2.75, 3.05) is 6.54 Å². The fourth-order valence-electron chi connectivity index (χ4n) is 4.50. The molecule has 0 bridgehead atoms. The lowest BCUT2D eigenvalue weighted by Gasteiger charge is -2.10. The minimum absolute atomic E-state index is 0.0823. The second kappa shape index (κ2) is 46.6. The zero-order valence-corrected chi connectivity index (χ0v) is 37.6. The van der Waals surface area contributed by atoms with Gasteiger partial charge in [0.2, 0.25) is 0 Å². The first-order valence-electron chi connectivity index (χ1n) is 21.9. The highest BCUT2D eigenvalue weighted by Crippen LogP contribution is 2.02. The number of aliphatic hydroxyl groups is 4. The Balaban J connectivity index is -0.000000849. The van der Waals surface area contributed by atoms with Crippen LogP contribution in [0.1, 0.15) is 124 Å². The average molecular weight is 856 g/mol. The van der Waals surface area contributed by atoms with Crippen LogP contribution in [-0.2, 0) is 14.4 Å². The summed E-state index contributed by atoms with van der Waals surface area (Å²) in [5, 5.41) is 61.0. The maximum Gasteiger partial charge on any atom is 0.277 e. The van der Waals surface area contributed by atoms with Gasteiger partial charge in [0.05, 0.1) is 30.4 Å². The fraction of sp³-hybridized carbons (Fsp3) is 0.531.